The normalized spacial score (nSPS) is 18.0. The van der Waals surface area contributed by atoms with Crippen molar-refractivity contribution < 1.29 is 4.79 Å². The predicted octanol–water partition coefficient (Wildman–Crippen LogP) is 3.50. The van der Waals surface area contributed by atoms with E-state index >= 15 is 0 Å². The zero-order valence-corrected chi connectivity index (χ0v) is 11.4. The van der Waals surface area contributed by atoms with Gasteiger partial charge in [-0.3, -0.25) is 4.79 Å². The Kier molecular flexibility index (Phi) is 3.07. The number of aromatic nitrogens is 1. The molecule has 1 aliphatic heterocycles. The van der Waals surface area contributed by atoms with E-state index in [0.29, 0.717) is 17.6 Å². The molecule has 0 radical (unpaired) electrons. The van der Waals surface area contributed by atoms with Crippen molar-refractivity contribution in [1.82, 2.24) is 9.88 Å². The first kappa shape index (κ1) is 12.3. The second kappa shape index (κ2) is 4.74. The molecule has 0 bridgehead atoms. The summed E-state index contributed by atoms with van der Waals surface area (Å²) in [6.07, 6.45) is 3.05. The molecular weight excluding hydrogens is 260 g/mol. The quantitative estimate of drug-likeness (QED) is 0.893. The van der Waals surface area contributed by atoms with Gasteiger partial charge < -0.3 is 9.88 Å². The monoisotopic (exact) mass is 274 g/mol. The molecule has 0 saturated carbocycles. The Morgan fingerprint density at radius 1 is 1.37 bits per heavy atom. The number of nitrogens with one attached hydrogen (secondary N) is 1. The first-order chi connectivity index (χ1) is 9.19. The molecule has 1 atom stereocenters. The van der Waals surface area contributed by atoms with E-state index in [0.717, 1.165) is 23.2 Å². The number of rotatable bonds is 2. The Morgan fingerprint density at radius 3 is 2.95 bits per heavy atom. The van der Waals surface area contributed by atoms with E-state index in [4.69, 9.17) is 11.6 Å². The lowest BCUT2D eigenvalue weighted by Crippen LogP contribution is -2.38. The van der Waals surface area contributed by atoms with Gasteiger partial charge in [-0.15, -0.1) is 0 Å². The highest BCUT2D eigenvalue weighted by Gasteiger charge is 2.24. The highest BCUT2D eigenvalue weighted by Crippen LogP contribution is 2.29. The average molecular weight is 275 g/mol. The smallest absolute Gasteiger partial charge is 0.268 e. The molecular formula is C15H15ClN2O. The van der Waals surface area contributed by atoms with Gasteiger partial charge >= 0.3 is 0 Å². The summed E-state index contributed by atoms with van der Waals surface area (Å²) in [6, 6.07) is 9.96. The second-order valence-corrected chi connectivity index (χ2v) is 5.24. The van der Waals surface area contributed by atoms with Crippen LogP contribution in [0.1, 0.15) is 29.9 Å². The van der Waals surface area contributed by atoms with Crippen LogP contribution in [-0.2, 0) is 0 Å². The van der Waals surface area contributed by atoms with Gasteiger partial charge in [-0.25, -0.2) is 0 Å². The molecule has 1 aliphatic rings. The van der Waals surface area contributed by atoms with E-state index in [2.05, 4.69) is 16.8 Å². The van der Waals surface area contributed by atoms with Crippen LogP contribution in [0.2, 0.25) is 5.02 Å². The number of carbonyl (C=O) groups excluding carboxylic acids is 1. The zero-order chi connectivity index (χ0) is 13.4. The molecule has 98 valence electrons. The van der Waals surface area contributed by atoms with Crippen LogP contribution < -0.4 is 5.32 Å². The molecule has 4 heteroatoms. The standard InChI is InChI=1S/C15H15ClN2O/c1-2-13-8-17-15(19)14-7-11(9-18(13)14)10-4-3-5-12(16)6-10/h3-7,9,13H,2,8H2,1H3,(H,17,19). The number of amides is 1. The lowest BCUT2D eigenvalue weighted by molar-refractivity contribution is 0.0914. The Labute approximate surface area is 117 Å². The minimum atomic E-state index is -0.00187. The third kappa shape index (κ3) is 2.15. The number of hydrogen-bond acceptors (Lipinski definition) is 1. The van der Waals surface area contributed by atoms with Gasteiger partial charge in [0.15, 0.2) is 0 Å². The molecule has 0 spiro atoms. The van der Waals surface area contributed by atoms with Crippen LogP contribution >= 0.6 is 11.6 Å². The van der Waals surface area contributed by atoms with Crippen molar-refractivity contribution in [2.24, 2.45) is 0 Å². The van der Waals surface area contributed by atoms with Gasteiger partial charge in [0, 0.05) is 23.3 Å². The minimum absolute atomic E-state index is 0.00187. The summed E-state index contributed by atoms with van der Waals surface area (Å²) in [5, 5.41) is 3.64. The van der Waals surface area contributed by atoms with Crippen molar-refractivity contribution in [2.45, 2.75) is 19.4 Å². The molecule has 1 aromatic carbocycles. The molecule has 1 N–H and O–H groups in total. The van der Waals surface area contributed by atoms with Crippen molar-refractivity contribution in [2.75, 3.05) is 6.54 Å². The average Bonchev–Trinajstić information content (AvgIpc) is 2.85. The summed E-state index contributed by atoms with van der Waals surface area (Å²) in [7, 11) is 0. The third-order valence-corrected chi connectivity index (χ3v) is 3.84. The van der Waals surface area contributed by atoms with Crippen LogP contribution in [0.25, 0.3) is 11.1 Å². The summed E-state index contributed by atoms with van der Waals surface area (Å²) < 4.78 is 2.08. The number of benzene rings is 1. The predicted molar refractivity (Wildman–Crippen MR) is 76.5 cm³/mol. The van der Waals surface area contributed by atoms with Crippen LogP contribution in [-0.4, -0.2) is 17.0 Å². The Bertz CT molecular complexity index is 633. The Hall–Kier alpha value is -1.74. The molecule has 1 amide bonds. The second-order valence-electron chi connectivity index (χ2n) is 4.80. The summed E-state index contributed by atoms with van der Waals surface area (Å²) >= 11 is 6.02. The molecule has 1 unspecified atom stereocenters. The maximum Gasteiger partial charge on any atom is 0.268 e. The van der Waals surface area contributed by atoms with E-state index in [9.17, 15) is 4.79 Å². The van der Waals surface area contributed by atoms with E-state index in [1.807, 2.05) is 36.5 Å². The molecule has 0 saturated heterocycles. The van der Waals surface area contributed by atoms with Crippen molar-refractivity contribution >= 4 is 17.5 Å². The summed E-state index contributed by atoms with van der Waals surface area (Å²) in [5.74, 6) is -0.00187. The van der Waals surface area contributed by atoms with Crippen LogP contribution in [0.4, 0.5) is 0 Å². The Balaban J connectivity index is 2.08. The number of halogens is 1. The van der Waals surface area contributed by atoms with E-state index in [1.165, 1.54) is 0 Å². The number of nitrogens with zero attached hydrogens (tertiary/aromatic N) is 1. The molecule has 3 rings (SSSR count). The number of fused-ring (bicyclic) bond motifs is 1. The van der Waals surface area contributed by atoms with Gasteiger partial charge in [-0.05, 0) is 30.2 Å². The van der Waals surface area contributed by atoms with Gasteiger partial charge in [-0.2, -0.15) is 0 Å². The summed E-state index contributed by atoms with van der Waals surface area (Å²) in [5.41, 5.74) is 2.80. The lowest BCUT2D eigenvalue weighted by Gasteiger charge is -2.25. The van der Waals surface area contributed by atoms with Crippen LogP contribution in [0, 0.1) is 0 Å². The van der Waals surface area contributed by atoms with Crippen molar-refractivity contribution in [3.05, 3.63) is 47.2 Å². The van der Waals surface area contributed by atoms with Crippen LogP contribution in [0.3, 0.4) is 0 Å². The van der Waals surface area contributed by atoms with Gasteiger partial charge in [-0.1, -0.05) is 30.7 Å². The fourth-order valence-corrected chi connectivity index (χ4v) is 2.72. The molecule has 0 fully saturated rings. The largest absolute Gasteiger partial charge is 0.349 e. The highest BCUT2D eigenvalue weighted by atomic mass is 35.5. The van der Waals surface area contributed by atoms with Gasteiger partial charge in [0.25, 0.3) is 5.91 Å². The fraction of sp³-hybridized carbons (Fsp3) is 0.267. The number of carbonyl (C=O) groups is 1. The molecule has 3 nitrogen and oxygen atoms in total. The van der Waals surface area contributed by atoms with Crippen molar-refractivity contribution in [3.63, 3.8) is 0 Å². The number of hydrogen-bond donors (Lipinski definition) is 1. The van der Waals surface area contributed by atoms with E-state index < -0.39 is 0 Å². The molecule has 2 heterocycles. The zero-order valence-electron chi connectivity index (χ0n) is 10.7. The lowest BCUT2D eigenvalue weighted by atomic mass is 10.1. The first-order valence-corrected chi connectivity index (χ1v) is 6.83. The van der Waals surface area contributed by atoms with Crippen molar-refractivity contribution in [3.8, 4) is 11.1 Å². The Morgan fingerprint density at radius 2 is 2.21 bits per heavy atom. The summed E-state index contributed by atoms with van der Waals surface area (Å²) in [4.78, 5) is 11.9. The van der Waals surface area contributed by atoms with Crippen LogP contribution in [0.5, 0.6) is 0 Å². The SMILES string of the molecule is CCC1CNC(=O)c2cc(-c3cccc(Cl)c3)cn21. The molecule has 19 heavy (non-hydrogen) atoms. The summed E-state index contributed by atoms with van der Waals surface area (Å²) in [6.45, 7) is 2.83. The maximum absolute atomic E-state index is 11.9. The van der Waals surface area contributed by atoms with Crippen molar-refractivity contribution in [1.29, 1.82) is 0 Å². The fourth-order valence-electron chi connectivity index (χ4n) is 2.53. The minimum Gasteiger partial charge on any atom is -0.349 e. The maximum atomic E-state index is 11.9. The van der Waals surface area contributed by atoms with Crippen LogP contribution in [0.15, 0.2) is 36.5 Å². The molecule has 1 aromatic heterocycles. The van der Waals surface area contributed by atoms with E-state index in [-0.39, 0.29) is 5.91 Å². The molecule has 2 aromatic rings. The van der Waals surface area contributed by atoms with Gasteiger partial charge in [0.2, 0.25) is 0 Å². The van der Waals surface area contributed by atoms with E-state index in [1.54, 1.807) is 0 Å². The third-order valence-electron chi connectivity index (χ3n) is 3.60. The first-order valence-electron chi connectivity index (χ1n) is 6.45. The molecule has 0 aliphatic carbocycles. The van der Waals surface area contributed by atoms with Gasteiger partial charge in [0.05, 0.1) is 6.04 Å². The van der Waals surface area contributed by atoms with Gasteiger partial charge in [0.1, 0.15) is 5.69 Å². The highest BCUT2D eigenvalue weighted by molar-refractivity contribution is 6.30. The topological polar surface area (TPSA) is 34.0 Å².